The van der Waals surface area contributed by atoms with Crippen molar-refractivity contribution in [2.45, 2.75) is 39.3 Å². The van der Waals surface area contributed by atoms with Crippen molar-refractivity contribution in [1.29, 1.82) is 5.41 Å². The molecule has 168 valence electrons. The van der Waals surface area contributed by atoms with E-state index in [0.717, 1.165) is 59.8 Å². The fourth-order valence-corrected chi connectivity index (χ4v) is 4.03. The van der Waals surface area contributed by atoms with Gasteiger partial charge in [-0.15, -0.1) is 0 Å². The number of aromatic nitrogens is 2. The van der Waals surface area contributed by atoms with Crippen LogP contribution in [0.25, 0.3) is 11.0 Å². The van der Waals surface area contributed by atoms with Crippen LogP contribution in [0.5, 0.6) is 5.75 Å². The summed E-state index contributed by atoms with van der Waals surface area (Å²) >= 11 is 0. The second kappa shape index (κ2) is 8.90. The highest BCUT2D eigenvalue weighted by Gasteiger charge is 2.22. The standard InChI is InChI=1S/C24H29N5O3/c1-15(25)29-10-8-19(9-11-29)32-23-13-22-20(27-16(2)28(22)3)12-21(23)26-14-17-4-6-18(7-5-17)24(30)31/h4-7,12-13,19,25-26H,8-11,14H2,1-3H3,(H,30,31). The molecule has 32 heavy (non-hydrogen) atoms. The Morgan fingerprint density at radius 3 is 2.56 bits per heavy atom. The van der Waals surface area contributed by atoms with Gasteiger partial charge in [0.15, 0.2) is 0 Å². The molecule has 0 radical (unpaired) electrons. The van der Waals surface area contributed by atoms with Crippen molar-refractivity contribution in [2.24, 2.45) is 7.05 Å². The Bertz CT molecular complexity index is 1140. The van der Waals surface area contributed by atoms with Crippen LogP contribution in [0.2, 0.25) is 0 Å². The Balaban J connectivity index is 1.56. The highest BCUT2D eigenvalue weighted by Crippen LogP contribution is 2.33. The number of fused-ring (bicyclic) bond motifs is 1. The molecule has 1 fully saturated rings. The third-order valence-electron chi connectivity index (χ3n) is 6.10. The molecule has 3 aromatic rings. The van der Waals surface area contributed by atoms with Crippen molar-refractivity contribution >= 4 is 28.5 Å². The summed E-state index contributed by atoms with van der Waals surface area (Å²) in [6.07, 6.45) is 1.83. The normalized spacial score (nSPS) is 14.5. The summed E-state index contributed by atoms with van der Waals surface area (Å²) in [6, 6.07) is 10.9. The van der Waals surface area contributed by atoms with Gasteiger partial charge in [-0.3, -0.25) is 5.41 Å². The van der Waals surface area contributed by atoms with Gasteiger partial charge in [0.05, 0.1) is 28.1 Å². The molecule has 0 amide bonds. The van der Waals surface area contributed by atoms with Crippen molar-refractivity contribution < 1.29 is 14.6 Å². The summed E-state index contributed by atoms with van der Waals surface area (Å²) in [5, 5.41) is 20.4. The van der Waals surface area contributed by atoms with E-state index in [1.165, 1.54) is 0 Å². The minimum Gasteiger partial charge on any atom is -0.488 e. The van der Waals surface area contributed by atoms with E-state index in [4.69, 9.17) is 15.3 Å². The average molecular weight is 436 g/mol. The maximum absolute atomic E-state index is 11.1. The van der Waals surface area contributed by atoms with Gasteiger partial charge in [0, 0.05) is 45.6 Å². The van der Waals surface area contributed by atoms with Gasteiger partial charge < -0.3 is 24.6 Å². The number of piperidine rings is 1. The Morgan fingerprint density at radius 1 is 1.25 bits per heavy atom. The van der Waals surface area contributed by atoms with Crippen LogP contribution >= 0.6 is 0 Å². The van der Waals surface area contributed by atoms with Crippen LogP contribution in [-0.4, -0.2) is 50.6 Å². The minimum atomic E-state index is -0.930. The number of amidine groups is 1. The van der Waals surface area contributed by atoms with Crippen molar-refractivity contribution in [3.8, 4) is 5.75 Å². The highest BCUT2D eigenvalue weighted by atomic mass is 16.5. The fraction of sp³-hybridized carbons (Fsp3) is 0.375. The summed E-state index contributed by atoms with van der Waals surface area (Å²) < 4.78 is 8.50. The summed E-state index contributed by atoms with van der Waals surface area (Å²) in [5.41, 5.74) is 4.03. The molecule has 1 saturated heterocycles. The molecule has 1 aliphatic heterocycles. The number of rotatable bonds is 6. The number of carbonyl (C=O) groups is 1. The van der Waals surface area contributed by atoms with Gasteiger partial charge in [0.1, 0.15) is 17.7 Å². The van der Waals surface area contributed by atoms with Gasteiger partial charge >= 0.3 is 5.97 Å². The maximum Gasteiger partial charge on any atom is 0.335 e. The van der Waals surface area contributed by atoms with Gasteiger partial charge in [-0.25, -0.2) is 9.78 Å². The molecule has 0 saturated carbocycles. The molecule has 0 spiro atoms. The molecule has 3 N–H and O–H groups in total. The first kappa shape index (κ1) is 21.7. The fourth-order valence-electron chi connectivity index (χ4n) is 4.03. The number of nitrogens with zero attached hydrogens (tertiary/aromatic N) is 3. The molecule has 0 aliphatic carbocycles. The number of hydrogen-bond donors (Lipinski definition) is 3. The van der Waals surface area contributed by atoms with Crippen molar-refractivity contribution in [3.63, 3.8) is 0 Å². The molecule has 0 bridgehead atoms. The molecule has 8 heteroatoms. The lowest BCUT2D eigenvalue weighted by Gasteiger charge is -2.33. The molecule has 0 unspecified atom stereocenters. The van der Waals surface area contributed by atoms with Crippen LogP contribution in [0.15, 0.2) is 36.4 Å². The highest BCUT2D eigenvalue weighted by molar-refractivity contribution is 5.87. The second-order valence-corrected chi connectivity index (χ2v) is 8.30. The number of aryl methyl sites for hydroxylation is 2. The summed E-state index contributed by atoms with van der Waals surface area (Å²) in [5.74, 6) is 1.39. The van der Waals surface area contributed by atoms with Crippen LogP contribution < -0.4 is 10.1 Å². The lowest BCUT2D eigenvalue weighted by Crippen LogP contribution is -2.40. The SMILES string of the molecule is CC(=N)N1CCC(Oc2cc3c(cc2NCc2ccc(C(=O)O)cc2)nc(C)n3C)CC1. The monoisotopic (exact) mass is 435 g/mol. The molecular weight excluding hydrogens is 406 g/mol. The maximum atomic E-state index is 11.1. The average Bonchev–Trinajstić information content (AvgIpc) is 3.05. The predicted molar refractivity (Wildman–Crippen MR) is 125 cm³/mol. The van der Waals surface area contributed by atoms with Gasteiger partial charge in [-0.1, -0.05) is 12.1 Å². The van der Waals surface area contributed by atoms with E-state index < -0.39 is 5.97 Å². The summed E-state index contributed by atoms with van der Waals surface area (Å²) in [6.45, 7) is 5.99. The molecule has 1 aromatic heterocycles. The van der Waals surface area contributed by atoms with Gasteiger partial charge in [0.2, 0.25) is 0 Å². The van der Waals surface area contributed by atoms with E-state index in [2.05, 4.69) is 19.8 Å². The van der Waals surface area contributed by atoms with Crippen LogP contribution in [0.3, 0.4) is 0 Å². The number of aromatic carboxylic acids is 1. The number of anilines is 1. The quantitative estimate of drug-likeness (QED) is 0.399. The molecule has 2 aromatic carbocycles. The largest absolute Gasteiger partial charge is 0.488 e. The van der Waals surface area contributed by atoms with E-state index in [9.17, 15) is 4.79 Å². The number of imidazole rings is 1. The third-order valence-corrected chi connectivity index (χ3v) is 6.10. The molecule has 1 aliphatic rings. The molecule has 4 rings (SSSR count). The van der Waals surface area contributed by atoms with Gasteiger partial charge in [-0.05, 0) is 37.6 Å². The zero-order valence-corrected chi connectivity index (χ0v) is 18.7. The molecular formula is C24H29N5O3. The first-order valence-electron chi connectivity index (χ1n) is 10.8. The van der Waals surface area contributed by atoms with Crippen molar-refractivity contribution in [2.75, 3.05) is 18.4 Å². The Hall–Kier alpha value is -3.55. The number of carboxylic acids is 1. The Labute approximate surface area is 187 Å². The second-order valence-electron chi connectivity index (χ2n) is 8.30. The van der Waals surface area contributed by atoms with Crippen LogP contribution in [0, 0.1) is 12.3 Å². The zero-order chi connectivity index (χ0) is 22.8. The van der Waals surface area contributed by atoms with E-state index in [1.807, 2.05) is 45.2 Å². The smallest absolute Gasteiger partial charge is 0.335 e. The number of hydrogen-bond acceptors (Lipinski definition) is 5. The van der Waals surface area contributed by atoms with E-state index in [-0.39, 0.29) is 11.7 Å². The minimum absolute atomic E-state index is 0.0905. The molecule has 8 nitrogen and oxygen atoms in total. The first-order valence-corrected chi connectivity index (χ1v) is 10.8. The number of benzene rings is 2. The number of carboxylic acid groups (broad SMARTS) is 1. The topological polar surface area (TPSA) is 103 Å². The lowest BCUT2D eigenvalue weighted by atomic mass is 10.1. The Morgan fingerprint density at radius 2 is 1.94 bits per heavy atom. The van der Waals surface area contributed by atoms with Crippen LogP contribution in [-0.2, 0) is 13.6 Å². The van der Waals surface area contributed by atoms with Gasteiger partial charge in [-0.2, -0.15) is 0 Å². The number of likely N-dealkylation sites (tertiary alicyclic amines) is 1. The zero-order valence-electron chi connectivity index (χ0n) is 18.7. The first-order chi connectivity index (χ1) is 15.3. The van der Waals surface area contributed by atoms with Gasteiger partial charge in [0.25, 0.3) is 0 Å². The summed E-state index contributed by atoms with van der Waals surface area (Å²) in [4.78, 5) is 17.8. The molecule has 0 atom stereocenters. The van der Waals surface area contributed by atoms with E-state index >= 15 is 0 Å². The van der Waals surface area contributed by atoms with E-state index in [1.54, 1.807) is 12.1 Å². The molecule has 2 heterocycles. The van der Waals surface area contributed by atoms with Crippen molar-refractivity contribution in [1.82, 2.24) is 14.5 Å². The van der Waals surface area contributed by atoms with Crippen LogP contribution in [0.4, 0.5) is 5.69 Å². The Kier molecular flexibility index (Phi) is 6.03. The van der Waals surface area contributed by atoms with Crippen molar-refractivity contribution in [3.05, 3.63) is 53.3 Å². The summed E-state index contributed by atoms with van der Waals surface area (Å²) in [7, 11) is 2.00. The van der Waals surface area contributed by atoms with E-state index in [0.29, 0.717) is 12.4 Å². The lowest BCUT2D eigenvalue weighted by molar-refractivity contribution is 0.0697. The predicted octanol–water partition coefficient (Wildman–Crippen LogP) is 4.03. The number of nitrogens with one attached hydrogen (secondary N) is 2. The number of ether oxygens (including phenoxy) is 1. The third kappa shape index (κ3) is 4.54. The van der Waals surface area contributed by atoms with Crippen LogP contribution in [0.1, 0.15) is 41.5 Å².